The summed E-state index contributed by atoms with van der Waals surface area (Å²) >= 11 is 0. The maximum absolute atomic E-state index is 11.7. The number of nitrogens with one attached hydrogen (secondary N) is 1. The first-order chi connectivity index (χ1) is 9.42. The minimum Gasteiger partial charge on any atom is -0.478 e. The number of aromatic carboxylic acids is 1. The average molecular weight is 280 g/mol. The number of hydrogen-bond donors (Lipinski definition) is 2. The molecule has 7 nitrogen and oxygen atoms in total. The second kappa shape index (κ2) is 5.46. The van der Waals surface area contributed by atoms with Crippen molar-refractivity contribution in [3.05, 3.63) is 23.2 Å². The molecule has 2 rings (SSSR count). The van der Waals surface area contributed by atoms with E-state index in [0.717, 1.165) is 0 Å². The van der Waals surface area contributed by atoms with Crippen molar-refractivity contribution in [2.24, 2.45) is 0 Å². The normalized spacial score (nSPS) is 20.0. The zero-order valence-electron chi connectivity index (χ0n) is 11.3. The molecular weight excluding hydrogens is 264 g/mol. The van der Waals surface area contributed by atoms with E-state index < -0.39 is 12.0 Å². The number of piperazine rings is 1. The molecule has 0 aliphatic carbocycles. The first kappa shape index (κ1) is 14.3. The van der Waals surface area contributed by atoms with Crippen LogP contribution in [0.15, 0.2) is 10.5 Å². The standard InChI is InChI=1S/C13H16N2O5/c1-3-10-12(17)14-11(16)6-15(10)5-8-4-9(13(18)19)7(2)20-8/h4,10H,3,5-6H2,1-2H3,(H,18,19)(H,14,16,17). The minimum atomic E-state index is -1.06. The molecule has 2 N–H and O–H groups in total. The summed E-state index contributed by atoms with van der Waals surface area (Å²) in [4.78, 5) is 35.8. The van der Waals surface area contributed by atoms with Gasteiger partial charge in [-0.05, 0) is 19.4 Å². The minimum absolute atomic E-state index is 0.0897. The summed E-state index contributed by atoms with van der Waals surface area (Å²) in [5.74, 6) is -1.00. The van der Waals surface area contributed by atoms with Crippen molar-refractivity contribution in [3.8, 4) is 0 Å². The van der Waals surface area contributed by atoms with Crippen molar-refractivity contribution in [1.29, 1.82) is 0 Å². The number of rotatable bonds is 4. The molecule has 0 bridgehead atoms. The number of carboxylic acids is 1. The van der Waals surface area contributed by atoms with E-state index in [2.05, 4.69) is 5.32 Å². The fourth-order valence-corrected chi connectivity index (χ4v) is 2.36. The van der Waals surface area contributed by atoms with Gasteiger partial charge in [-0.25, -0.2) is 4.79 Å². The molecule has 2 heterocycles. The van der Waals surface area contributed by atoms with Gasteiger partial charge in [0.05, 0.1) is 19.1 Å². The molecule has 7 heteroatoms. The summed E-state index contributed by atoms with van der Waals surface area (Å²) in [5.41, 5.74) is 0.0980. The van der Waals surface area contributed by atoms with Gasteiger partial charge in [-0.1, -0.05) is 6.92 Å². The summed E-state index contributed by atoms with van der Waals surface area (Å²) in [6.45, 7) is 3.74. The lowest BCUT2D eigenvalue weighted by atomic mass is 10.1. The van der Waals surface area contributed by atoms with E-state index in [4.69, 9.17) is 9.52 Å². The Kier molecular flexibility index (Phi) is 3.89. The Morgan fingerprint density at radius 2 is 2.25 bits per heavy atom. The summed E-state index contributed by atoms with van der Waals surface area (Å²) in [6, 6.07) is 1.02. The smallest absolute Gasteiger partial charge is 0.339 e. The lowest BCUT2D eigenvalue weighted by molar-refractivity contribution is -0.140. The van der Waals surface area contributed by atoms with Crippen LogP contribution < -0.4 is 5.32 Å². The highest BCUT2D eigenvalue weighted by atomic mass is 16.4. The van der Waals surface area contributed by atoms with Crippen LogP contribution in [0.1, 0.15) is 35.2 Å². The van der Waals surface area contributed by atoms with Gasteiger partial charge in [0.1, 0.15) is 17.1 Å². The number of carbonyl (C=O) groups excluding carboxylic acids is 2. The molecule has 1 atom stereocenters. The van der Waals surface area contributed by atoms with Crippen LogP contribution in [0.4, 0.5) is 0 Å². The van der Waals surface area contributed by atoms with Crippen molar-refractivity contribution in [1.82, 2.24) is 10.2 Å². The SMILES string of the molecule is CCC1C(=O)NC(=O)CN1Cc1cc(C(=O)O)c(C)o1. The first-order valence-electron chi connectivity index (χ1n) is 6.32. The van der Waals surface area contributed by atoms with Crippen LogP contribution >= 0.6 is 0 Å². The molecular formula is C13H16N2O5. The topological polar surface area (TPSA) is 99.9 Å². The Balaban J connectivity index is 2.19. The molecule has 0 spiro atoms. The number of furan rings is 1. The lowest BCUT2D eigenvalue weighted by Crippen LogP contribution is -2.57. The van der Waals surface area contributed by atoms with Gasteiger partial charge < -0.3 is 9.52 Å². The van der Waals surface area contributed by atoms with E-state index in [-0.39, 0.29) is 30.5 Å². The highest BCUT2D eigenvalue weighted by Gasteiger charge is 2.33. The van der Waals surface area contributed by atoms with Crippen LogP contribution in [-0.4, -0.2) is 40.4 Å². The maximum Gasteiger partial charge on any atom is 0.339 e. The second-order valence-electron chi connectivity index (χ2n) is 4.73. The summed E-state index contributed by atoms with van der Waals surface area (Å²) in [7, 11) is 0. The van der Waals surface area contributed by atoms with E-state index in [0.29, 0.717) is 17.9 Å². The number of hydrogen-bond acceptors (Lipinski definition) is 5. The number of carboxylic acid groups (broad SMARTS) is 1. The monoisotopic (exact) mass is 280 g/mol. The van der Waals surface area contributed by atoms with Crippen LogP contribution in [0, 0.1) is 6.92 Å². The molecule has 1 aliphatic rings. The van der Waals surface area contributed by atoms with Crippen LogP contribution in [0.3, 0.4) is 0 Å². The fourth-order valence-electron chi connectivity index (χ4n) is 2.36. The molecule has 1 aliphatic heterocycles. The Morgan fingerprint density at radius 3 is 2.80 bits per heavy atom. The van der Waals surface area contributed by atoms with Crippen LogP contribution in [-0.2, 0) is 16.1 Å². The Morgan fingerprint density at radius 1 is 1.55 bits per heavy atom. The van der Waals surface area contributed by atoms with Gasteiger partial charge in [0.15, 0.2) is 0 Å². The molecule has 20 heavy (non-hydrogen) atoms. The zero-order valence-corrected chi connectivity index (χ0v) is 11.3. The van der Waals surface area contributed by atoms with Gasteiger partial charge in [-0.2, -0.15) is 0 Å². The van der Waals surface area contributed by atoms with Crippen LogP contribution in [0.25, 0.3) is 0 Å². The van der Waals surface area contributed by atoms with Gasteiger partial charge in [-0.3, -0.25) is 19.8 Å². The van der Waals surface area contributed by atoms with Crippen molar-refractivity contribution >= 4 is 17.8 Å². The summed E-state index contributed by atoms with van der Waals surface area (Å²) in [5, 5.41) is 11.3. The zero-order chi connectivity index (χ0) is 14.9. The molecule has 0 aromatic carbocycles. The van der Waals surface area contributed by atoms with Crippen molar-refractivity contribution in [2.45, 2.75) is 32.9 Å². The third-order valence-corrected chi connectivity index (χ3v) is 3.30. The predicted octanol–water partition coefficient (Wildman–Crippen LogP) is 0.523. The second-order valence-corrected chi connectivity index (χ2v) is 4.73. The summed E-state index contributed by atoms with van der Waals surface area (Å²) < 4.78 is 5.38. The number of aryl methyl sites for hydroxylation is 1. The Hall–Kier alpha value is -2.15. The number of carbonyl (C=O) groups is 3. The quantitative estimate of drug-likeness (QED) is 0.780. The van der Waals surface area contributed by atoms with Crippen molar-refractivity contribution in [3.63, 3.8) is 0 Å². The molecule has 1 saturated heterocycles. The highest BCUT2D eigenvalue weighted by molar-refractivity contribution is 6.01. The van der Waals surface area contributed by atoms with Gasteiger partial charge in [0, 0.05) is 0 Å². The molecule has 0 saturated carbocycles. The third-order valence-electron chi connectivity index (χ3n) is 3.30. The van der Waals surface area contributed by atoms with E-state index >= 15 is 0 Å². The van der Waals surface area contributed by atoms with Gasteiger partial charge in [0.2, 0.25) is 11.8 Å². The maximum atomic E-state index is 11.7. The summed E-state index contributed by atoms with van der Waals surface area (Å²) in [6.07, 6.45) is 0.560. The number of amides is 2. The van der Waals surface area contributed by atoms with E-state index in [1.54, 1.807) is 11.8 Å². The highest BCUT2D eigenvalue weighted by Crippen LogP contribution is 2.19. The Bertz CT molecular complexity index is 563. The molecule has 2 amide bonds. The lowest BCUT2D eigenvalue weighted by Gasteiger charge is -2.32. The fraction of sp³-hybridized carbons (Fsp3) is 0.462. The largest absolute Gasteiger partial charge is 0.478 e. The first-order valence-corrected chi connectivity index (χ1v) is 6.32. The molecule has 1 unspecified atom stereocenters. The predicted molar refractivity (Wildman–Crippen MR) is 68.0 cm³/mol. The van der Waals surface area contributed by atoms with E-state index in [9.17, 15) is 14.4 Å². The van der Waals surface area contributed by atoms with E-state index in [1.807, 2.05) is 6.92 Å². The molecule has 1 fully saturated rings. The van der Waals surface area contributed by atoms with E-state index in [1.165, 1.54) is 6.07 Å². The third kappa shape index (κ3) is 2.72. The molecule has 1 aromatic heterocycles. The van der Waals surface area contributed by atoms with Gasteiger partial charge >= 0.3 is 5.97 Å². The van der Waals surface area contributed by atoms with Crippen LogP contribution in [0.2, 0.25) is 0 Å². The molecule has 0 radical (unpaired) electrons. The average Bonchev–Trinajstić information content (AvgIpc) is 2.70. The number of nitrogens with zero attached hydrogens (tertiary/aromatic N) is 1. The van der Waals surface area contributed by atoms with Crippen molar-refractivity contribution in [2.75, 3.05) is 6.54 Å². The van der Waals surface area contributed by atoms with Gasteiger partial charge in [-0.15, -0.1) is 0 Å². The van der Waals surface area contributed by atoms with Gasteiger partial charge in [0.25, 0.3) is 0 Å². The van der Waals surface area contributed by atoms with Crippen LogP contribution in [0.5, 0.6) is 0 Å². The molecule has 108 valence electrons. The molecule has 1 aromatic rings. The van der Waals surface area contributed by atoms with Crippen molar-refractivity contribution < 1.29 is 23.9 Å². The number of imide groups is 1. The Labute approximate surface area is 115 Å².